The van der Waals surface area contributed by atoms with Crippen molar-refractivity contribution in [3.05, 3.63) is 74.8 Å². The first-order valence-electron chi connectivity index (χ1n) is 8.43. The number of nitro groups is 1. The predicted octanol–water partition coefficient (Wildman–Crippen LogP) is 3.46. The van der Waals surface area contributed by atoms with Gasteiger partial charge in [0.15, 0.2) is 0 Å². The van der Waals surface area contributed by atoms with Gasteiger partial charge < -0.3 is 9.64 Å². The highest BCUT2D eigenvalue weighted by atomic mass is 19.1. The van der Waals surface area contributed by atoms with Gasteiger partial charge in [0.1, 0.15) is 11.6 Å². The summed E-state index contributed by atoms with van der Waals surface area (Å²) in [6.45, 7) is -0.119. The number of nitro benzene ring substituents is 1. The van der Waals surface area contributed by atoms with E-state index in [1.54, 1.807) is 0 Å². The zero-order valence-corrected chi connectivity index (χ0v) is 14.9. The van der Waals surface area contributed by atoms with Gasteiger partial charge >= 0.3 is 5.97 Å². The van der Waals surface area contributed by atoms with Crippen LogP contribution in [0.5, 0.6) is 0 Å². The van der Waals surface area contributed by atoms with Crippen molar-refractivity contribution < 1.29 is 28.0 Å². The quantitative estimate of drug-likeness (QED) is 0.428. The van der Waals surface area contributed by atoms with E-state index in [1.807, 2.05) is 0 Å². The second kappa shape index (κ2) is 7.71. The summed E-state index contributed by atoms with van der Waals surface area (Å²) in [4.78, 5) is 36.6. The topological polar surface area (TPSA) is 89.8 Å². The second-order valence-corrected chi connectivity index (χ2v) is 6.42. The van der Waals surface area contributed by atoms with Gasteiger partial charge in [-0.25, -0.2) is 13.6 Å². The molecule has 2 aromatic carbocycles. The van der Waals surface area contributed by atoms with Gasteiger partial charge in [-0.3, -0.25) is 14.9 Å². The summed E-state index contributed by atoms with van der Waals surface area (Å²) in [7, 11) is 1.12. The molecule has 2 aromatic rings. The fraction of sp³-hybridized carbons (Fsp3) is 0.263. The van der Waals surface area contributed by atoms with Crippen LogP contribution >= 0.6 is 0 Å². The summed E-state index contributed by atoms with van der Waals surface area (Å²) in [6.07, 6.45) is 1.40. The molecule has 1 amide bonds. The van der Waals surface area contributed by atoms with Crippen molar-refractivity contribution in [1.29, 1.82) is 0 Å². The summed E-state index contributed by atoms with van der Waals surface area (Å²) < 4.78 is 31.7. The number of hydrogen-bond acceptors (Lipinski definition) is 5. The number of ether oxygens (including phenoxy) is 1. The largest absolute Gasteiger partial charge is 0.465 e. The van der Waals surface area contributed by atoms with E-state index < -0.39 is 34.1 Å². The summed E-state index contributed by atoms with van der Waals surface area (Å²) in [6, 6.07) is 6.20. The number of halogens is 2. The Hall–Kier alpha value is -3.36. The minimum atomic E-state index is -0.819. The van der Waals surface area contributed by atoms with E-state index in [1.165, 1.54) is 17.0 Å². The summed E-state index contributed by atoms with van der Waals surface area (Å²) >= 11 is 0. The zero-order chi connectivity index (χ0) is 20.4. The van der Waals surface area contributed by atoms with Crippen molar-refractivity contribution in [1.82, 2.24) is 4.90 Å². The third-order valence-corrected chi connectivity index (χ3v) is 4.40. The number of rotatable bonds is 6. The highest BCUT2D eigenvalue weighted by Crippen LogP contribution is 2.31. The molecule has 1 fully saturated rings. The van der Waals surface area contributed by atoms with Crippen LogP contribution in [0.3, 0.4) is 0 Å². The molecule has 146 valence electrons. The van der Waals surface area contributed by atoms with Crippen LogP contribution in [0.25, 0.3) is 0 Å². The Morgan fingerprint density at radius 1 is 1.18 bits per heavy atom. The number of amides is 1. The molecule has 0 heterocycles. The van der Waals surface area contributed by atoms with Gasteiger partial charge in [0, 0.05) is 41.9 Å². The van der Waals surface area contributed by atoms with Crippen LogP contribution in [-0.2, 0) is 11.3 Å². The Balaban J connectivity index is 1.96. The molecular formula is C19H16F2N2O5. The molecule has 0 unspecified atom stereocenters. The van der Waals surface area contributed by atoms with Gasteiger partial charge in [0.05, 0.1) is 17.6 Å². The predicted molar refractivity (Wildman–Crippen MR) is 93.7 cm³/mol. The molecule has 0 aromatic heterocycles. The van der Waals surface area contributed by atoms with E-state index in [9.17, 15) is 28.5 Å². The van der Waals surface area contributed by atoms with Crippen LogP contribution in [0.1, 0.15) is 39.1 Å². The van der Waals surface area contributed by atoms with Gasteiger partial charge in [0.2, 0.25) is 0 Å². The van der Waals surface area contributed by atoms with Crippen LogP contribution < -0.4 is 0 Å². The Bertz CT molecular complexity index is 959. The fourth-order valence-electron chi connectivity index (χ4n) is 2.83. The minimum absolute atomic E-state index is 0.0796. The van der Waals surface area contributed by atoms with Crippen LogP contribution in [0.4, 0.5) is 14.5 Å². The van der Waals surface area contributed by atoms with Gasteiger partial charge in [0.25, 0.3) is 11.6 Å². The van der Waals surface area contributed by atoms with Gasteiger partial charge in [-0.05, 0) is 25.0 Å². The molecule has 0 saturated heterocycles. The van der Waals surface area contributed by atoms with Crippen molar-refractivity contribution in [2.75, 3.05) is 7.11 Å². The monoisotopic (exact) mass is 390 g/mol. The third-order valence-electron chi connectivity index (χ3n) is 4.40. The third kappa shape index (κ3) is 4.13. The van der Waals surface area contributed by atoms with Crippen molar-refractivity contribution in [3.8, 4) is 0 Å². The fourth-order valence-corrected chi connectivity index (χ4v) is 2.83. The molecule has 1 aliphatic carbocycles. The Kier molecular flexibility index (Phi) is 5.34. The maximum atomic E-state index is 14.0. The van der Waals surface area contributed by atoms with Crippen LogP contribution in [0.2, 0.25) is 0 Å². The van der Waals surface area contributed by atoms with E-state index in [-0.39, 0.29) is 29.3 Å². The standard InChI is InChI=1S/C19H16F2N2O5/c1-28-19(25)13-6-12(7-16(8-13)23(26)27)18(24)22(15-4-5-15)10-11-2-3-14(20)9-17(11)21/h2-3,6-9,15H,4-5,10H2,1H3. The number of carbonyl (C=O) groups is 2. The lowest BCUT2D eigenvalue weighted by molar-refractivity contribution is -0.384. The van der Waals surface area contributed by atoms with Gasteiger partial charge in [-0.1, -0.05) is 6.07 Å². The molecule has 0 radical (unpaired) electrons. The van der Waals surface area contributed by atoms with Gasteiger partial charge in [-0.2, -0.15) is 0 Å². The lowest BCUT2D eigenvalue weighted by Gasteiger charge is -2.23. The molecule has 3 rings (SSSR count). The molecule has 7 nitrogen and oxygen atoms in total. The Labute approximate surface area is 158 Å². The SMILES string of the molecule is COC(=O)c1cc(C(=O)N(Cc2ccc(F)cc2F)C2CC2)cc([N+](=O)[O-])c1. The number of carbonyl (C=O) groups excluding carboxylic acids is 2. The molecule has 0 bridgehead atoms. The van der Waals surface area contributed by atoms with Crippen molar-refractivity contribution in [2.45, 2.75) is 25.4 Å². The first kappa shape index (κ1) is 19.4. The van der Waals surface area contributed by atoms with Crippen LogP contribution in [0, 0.1) is 21.7 Å². The van der Waals surface area contributed by atoms with Crippen LogP contribution in [0.15, 0.2) is 36.4 Å². The minimum Gasteiger partial charge on any atom is -0.465 e. The first-order chi connectivity index (χ1) is 13.3. The van der Waals surface area contributed by atoms with E-state index in [0.29, 0.717) is 12.8 Å². The summed E-state index contributed by atoms with van der Waals surface area (Å²) in [5.74, 6) is -2.92. The number of non-ortho nitro benzene ring substituents is 1. The van der Waals surface area contributed by atoms with Crippen molar-refractivity contribution in [3.63, 3.8) is 0 Å². The molecule has 1 aliphatic rings. The van der Waals surface area contributed by atoms with Crippen molar-refractivity contribution in [2.24, 2.45) is 0 Å². The number of esters is 1. The summed E-state index contributed by atoms with van der Waals surface area (Å²) in [5.41, 5.74) is -0.525. The second-order valence-electron chi connectivity index (χ2n) is 6.42. The molecule has 0 atom stereocenters. The average Bonchev–Trinajstić information content (AvgIpc) is 3.51. The van der Waals surface area contributed by atoms with Crippen LogP contribution in [-0.4, -0.2) is 34.9 Å². The Morgan fingerprint density at radius 3 is 2.43 bits per heavy atom. The number of nitrogens with zero attached hydrogens (tertiary/aromatic N) is 2. The van der Waals surface area contributed by atoms with E-state index in [2.05, 4.69) is 4.74 Å². The van der Waals surface area contributed by atoms with Crippen molar-refractivity contribution >= 4 is 17.6 Å². The Morgan fingerprint density at radius 2 is 1.86 bits per heavy atom. The number of hydrogen-bond donors (Lipinski definition) is 0. The van der Waals surface area contributed by atoms with E-state index in [0.717, 1.165) is 31.4 Å². The summed E-state index contributed by atoms with van der Waals surface area (Å²) in [5, 5.41) is 11.2. The highest BCUT2D eigenvalue weighted by Gasteiger charge is 2.34. The zero-order valence-electron chi connectivity index (χ0n) is 14.9. The number of methoxy groups -OCH3 is 1. The smallest absolute Gasteiger partial charge is 0.338 e. The maximum Gasteiger partial charge on any atom is 0.338 e. The molecule has 1 saturated carbocycles. The lowest BCUT2D eigenvalue weighted by Crippen LogP contribution is -2.33. The maximum absolute atomic E-state index is 14.0. The normalized spacial score (nSPS) is 13.1. The molecule has 0 spiro atoms. The van der Waals surface area contributed by atoms with Gasteiger partial charge in [-0.15, -0.1) is 0 Å². The lowest BCUT2D eigenvalue weighted by atomic mass is 10.1. The molecule has 0 aliphatic heterocycles. The average molecular weight is 390 g/mol. The molecule has 0 N–H and O–H groups in total. The molecular weight excluding hydrogens is 374 g/mol. The number of benzene rings is 2. The molecule has 9 heteroatoms. The first-order valence-corrected chi connectivity index (χ1v) is 8.43. The highest BCUT2D eigenvalue weighted by molar-refractivity contribution is 5.99. The van der Waals surface area contributed by atoms with E-state index >= 15 is 0 Å². The van der Waals surface area contributed by atoms with E-state index in [4.69, 9.17) is 0 Å². The molecule has 28 heavy (non-hydrogen) atoms.